The maximum absolute atomic E-state index is 13.4. The lowest BCUT2D eigenvalue weighted by molar-refractivity contribution is -0.137. The summed E-state index contributed by atoms with van der Waals surface area (Å²) in [5, 5.41) is 5.46. The van der Waals surface area contributed by atoms with Crippen molar-refractivity contribution in [2.24, 2.45) is 0 Å². The molecule has 4 heterocycles. The minimum absolute atomic E-state index is 0.123. The summed E-state index contributed by atoms with van der Waals surface area (Å²) in [6.07, 6.45) is -3.10. The number of aromatic nitrogens is 4. The molecular formula is C28H14ClF3N4O3. The molecule has 7 nitrogen and oxygen atoms in total. The van der Waals surface area contributed by atoms with Crippen LogP contribution in [0.4, 0.5) is 13.2 Å². The van der Waals surface area contributed by atoms with E-state index in [2.05, 4.69) is 15.1 Å². The van der Waals surface area contributed by atoms with Gasteiger partial charge in [0.25, 0.3) is 0 Å². The Kier molecular flexibility index (Phi) is 5.05. The number of benzene rings is 3. The number of fused-ring (bicyclic) bond motifs is 6. The van der Waals surface area contributed by atoms with Gasteiger partial charge in [-0.1, -0.05) is 48.0 Å². The second-order valence-corrected chi connectivity index (χ2v) is 9.34. The SMILES string of the molecule is O=c1oc2ccccc2c2c1C(c1ccc(C(F)(F)F)cc1)c1c(ncn3nc(-c4ccccc4Cl)nc13)O2. The minimum Gasteiger partial charge on any atom is -0.437 e. The Morgan fingerprint density at radius 3 is 2.44 bits per heavy atom. The zero-order valence-electron chi connectivity index (χ0n) is 19.6. The first-order chi connectivity index (χ1) is 18.8. The fraction of sp³-hybridized carbons (Fsp3) is 0.0714. The number of halogens is 4. The van der Waals surface area contributed by atoms with Crippen LogP contribution in [0.2, 0.25) is 5.02 Å². The second-order valence-electron chi connectivity index (χ2n) is 8.93. The van der Waals surface area contributed by atoms with Crippen molar-refractivity contribution >= 4 is 28.2 Å². The highest BCUT2D eigenvalue weighted by Crippen LogP contribution is 2.49. The maximum atomic E-state index is 13.4. The van der Waals surface area contributed by atoms with Crippen LogP contribution in [-0.2, 0) is 6.18 Å². The number of ether oxygens (including phenoxy) is 1. The van der Waals surface area contributed by atoms with E-state index in [0.29, 0.717) is 44.2 Å². The summed E-state index contributed by atoms with van der Waals surface area (Å²) in [6.45, 7) is 0. The van der Waals surface area contributed by atoms with Gasteiger partial charge < -0.3 is 9.15 Å². The fourth-order valence-electron chi connectivity index (χ4n) is 4.88. The van der Waals surface area contributed by atoms with Crippen molar-refractivity contribution in [3.63, 3.8) is 0 Å². The normalized spacial score (nSPS) is 14.7. The third-order valence-electron chi connectivity index (χ3n) is 6.65. The molecule has 6 aromatic rings. The van der Waals surface area contributed by atoms with Crippen molar-refractivity contribution in [3.8, 4) is 23.0 Å². The Hall–Kier alpha value is -4.70. The van der Waals surface area contributed by atoms with Crippen molar-refractivity contribution in [2.75, 3.05) is 0 Å². The highest BCUT2D eigenvalue weighted by molar-refractivity contribution is 6.33. The molecule has 1 atom stereocenters. The largest absolute Gasteiger partial charge is 0.437 e. The first kappa shape index (κ1) is 23.4. The molecule has 0 aliphatic carbocycles. The molecule has 192 valence electrons. The van der Waals surface area contributed by atoms with Gasteiger partial charge in [-0.25, -0.2) is 19.3 Å². The highest BCUT2D eigenvalue weighted by Gasteiger charge is 2.38. The van der Waals surface area contributed by atoms with Crippen LogP contribution in [0.15, 0.2) is 88.3 Å². The Labute approximate surface area is 222 Å². The van der Waals surface area contributed by atoms with Gasteiger partial charge in [-0.2, -0.15) is 13.2 Å². The summed E-state index contributed by atoms with van der Waals surface area (Å²) >= 11 is 6.37. The van der Waals surface area contributed by atoms with Crippen LogP contribution in [0.3, 0.4) is 0 Å². The summed E-state index contributed by atoms with van der Waals surface area (Å²) in [5.41, 5.74) is 0.560. The van der Waals surface area contributed by atoms with Crippen molar-refractivity contribution in [1.82, 2.24) is 19.6 Å². The molecule has 0 saturated heterocycles. The van der Waals surface area contributed by atoms with Gasteiger partial charge in [-0.05, 0) is 42.0 Å². The molecule has 11 heteroatoms. The van der Waals surface area contributed by atoms with Gasteiger partial charge in [0.1, 0.15) is 11.9 Å². The van der Waals surface area contributed by atoms with Crippen LogP contribution in [0.25, 0.3) is 28.0 Å². The van der Waals surface area contributed by atoms with Crippen molar-refractivity contribution in [2.45, 2.75) is 12.1 Å². The topological polar surface area (TPSA) is 82.5 Å². The summed E-state index contributed by atoms with van der Waals surface area (Å²) in [4.78, 5) is 22.5. The zero-order valence-corrected chi connectivity index (χ0v) is 20.4. The average Bonchev–Trinajstić information content (AvgIpc) is 3.36. The summed E-state index contributed by atoms with van der Waals surface area (Å²) in [7, 11) is 0. The molecule has 1 aliphatic heterocycles. The maximum Gasteiger partial charge on any atom is 0.416 e. The summed E-state index contributed by atoms with van der Waals surface area (Å²) < 4.78 is 53.3. The van der Waals surface area contributed by atoms with E-state index in [1.165, 1.54) is 23.0 Å². The van der Waals surface area contributed by atoms with Gasteiger partial charge in [0.2, 0.25) is 5.88 Å². The monoisotopic (exact) mass is 546 g/mol. The van der Waals surface area contributed by atoms with E-state index in [1.54, 1.807) is 48.5 Å². The second kappa shape index (κ2) is 8.40. The number of alkyl halides is 3. The number of hydrogen-bond donors (Lipinski definition) is 0. The molecule has 0 spiro atoms. The number of para-hydroxylation sites is 1. The molecule has 1 aliphatic rings. The van der Waals surface area contributed by atoms with Gasteiger partial charge in [0.15, 0.2) is 17.2 Å². The smallest absolute Gasteiger partial charge is 0.416 e. The molecule has 0 radical (unpaired) electrons. The van der Waals surface area contributed by atoms with Crippen LogP contribution in [0.5, 0.6) is 11.6 Å². The molecule has 0 fully saturated rings. The Balaban J connectivity index is 1.53. The molecule has 0 saturated carbocycles. The van der Waals surface area contributed by atoms with Crippen molar-refractivity contribution < 1.29 is 22.3 Å². The molecule has 1 unspecified atom stereocenters. The van der Waals surface area contributed by atoms with Gasteiger partial charge in [-0.15, -0.1) is 5.10 Å². The van der Waals surface area contributed by atoms with E-state index in [0.717, 1.165) is 12.1 Å². The predicted molar refractivity (Wildman–Crippen MR) is 136 cm³/mol. The molecular weight excluding hydrogens is 533 g/mol. The first-order valence-corrected chi connectivity index (χ1v) is 12.1. The zero-order chi connectivity index (χ0) is 26.9. The minimum atomic E-state index is -4.52. The van der Waals surface area contributed by atoms with Gasteiger partial charge in [-0.3, -0.25) is 0 Å². The lowest BCUT2D eigenvalue weighted by atomic mass is 9.84. The van der Waals surface area contributed by atoms with E-state index in [1.807, 2.05) is 0 Å². The highest BCUT2D eigenvalue weighted by atomic mass is 35.5. The number of rotatable bonds is 2. The molecule has 0 amide bonds. The number of hydrogen-bond acceptors (Lipinski definition) is 6. The number of nitrogens with zero attached hydrogens (tertiary/aromatic N) is 4. The lowest BCUT2D eigenvalue weighted by Crippen LogP contribution is -2.22. The van der Waals surface area contributed by atoms with Crippen LogP contribution < -0.4 is 10.4 Å². The Bertz CT molecular complexity index is 1980. The van der Waals surface area contributed by atoms with Crippen LogP contribution >= 0.6 is 11.6 Å². The van der Waals surface area contributed by atoms with E-state index < -0.39 is 23.3 Å². The molecule has 3 aromatic heterocycles. The molecule has 0 N–H and O–H groups in total. The van der Waals surface area contributed by atoms with Crippen molar-refractivity contribution in [1.29, 1.82) is 0 Å². The molecule has 39 heavy (non-hydrogen) atoms. The third-order valence-corrected chi connectivity index (χ3v) is 6.98. The fourth-order valence-corrected chi connectivity index (χ4v) is 5.10. The standard InChI is InChI=1S/C28H14ClF3N4O3/c29-18-7-3-1-5-16(18)24-34-25-22-20(14-9-11-15(12-10-14)28(30,31)32)21-23(39-26(22)33-13-36(25)35-24)17-6-2-4-8-19(17)38-27(21)37/h1-13,20H. The van der Waals surface area contributed by atoms with Crippen LogP contribution in [-0.4, -0.2) is 19.6 Å². The van der Waals surface area contributed by atoms with Crippen LogP contribution in [0.1, 0.15) is 28.2 Å². The Morgan fingerprint density at radius 2 is 1.67 bits per heavy atom. The van der Waals surface area contributed by atoms with Crippen molar-refractivity contribution in [3.05, 3.63) is 117 Å². The quantitative estimate of drug-likeness (QED) is 0.220. The van der Waals surface area contributed by atoms with E-state index in [9.17, 15) is 18.0 Å². The third kappa shape index (κ3) is 3.67. The first-order valence-electron chi connectivity index (χ1n) is 11.7. The molecule has 0 bridgehead atoms. The van der Waals surface area contributed by atoms with E-state index in [4.69, 9.17) is 20.8 Å². The molecule has 3 aromatic carbocycles. The van der Waals surface area contributed by atoms with Gasteiger partial charge in [0.05, 0.1) is 33.0 Å². The average molecular weight is 547 g/mol. The van der Waals surface area contributed by atoms with E-state index >= 15 is 0 Å². The van der Waals surface area contributed by atoms with Gasteiger partial charge >= 0.3 is 11.8 Å². The lowest BCUT2D eigenvalue weighted by Gasteiger charge is -2.27. The molecule has 7 rings (SSSR count). The Morgan fingerprint density at radius 1 is 0.923 bits per heavy atom. The summed E-state index contributed by atoms with van der Waals surface area (Å²) in [5.74, 6) is -0.236. The van der Waals surface area contributed by atoms with Gasteiger partial charge in [0, 0.05) is 5.56 Å². The summed E-state index contributed by atoms with van der Waals surface area (Å²) in [6, 6.07) is 18.5. The van der Waals surface area contributed by atoms with E-state index in [-0.39, 0.29) is 17.2 Å². The predicted octanol–water partition coefficient (Wildman–Crippen LogP) is 6.86. The van der Waals surface area contributed by atoms with Crippen LogP contribution in [0, 0.1) is 0 Å².